The molecule has 1 amide bonds. The van der Waals surface area contributed by atoms with Crippen molar-refractivity contribution in [2.45, 2.75) is 18.6 Å². The molecule has 2 aromatic rings. The van der Waals surface area contributed by atoms with Crippen LogP contribution in [0.3, 0.4) is 0 Å². The Bertz CT molecular complexity index is 986. The molecule has 1 aliphatic rings. The smallest absolute Gasteiger partial charge is 0.337 e. The van der Waals surface area contributed by atoms with Gasteiger partial charge in [-0.15, -0.1) is 0 Å². The van der Waals surface area contributed by atoms with Gasteiger partial charge in [0.1, 0.15) is 0 Å². The second-order valence-electron chi connectivity index (χ2n) is 7.02. The molecule has 3 rings (SSSR count). The minimum Gasteiger partial charge on any atom is -0.337 e. The van der Waals surface area contributed by atoms with E-state index in [1.54, 1.807) is 24.1 Å². The third-order valence-electron chi connectivity index (χ3n) is 5.02. The molecule has 0 unspecified atom stereocenters. The van der Waals surface area contributed by atoms with Gasteiger partial charge in [0.2, 0.25) is 0 Å². The van der Waals surface area contributed by atoms with Crippen LogP contribution in [0, 0.1) is 11.8 Å². The van der Waals surface area contributed by atoms with Crippen LogP contribution >= 0.6 is 0 Å². The van der Waals surface area contributed by atoms with Crippen LogP contribution in [0.15, 0.2) is 42.6 Å². The molecule has 154 valence electrons. The van der Waals surface area contributed by atoms with E-state index in [2.05, 4.69) is 16.8 Å². The molecule has 2 heterocycles. The van der Waals surface area contributed by atoms with Gasteiger partial charge in [-0.2, -0.15) is 13.2 Å². The number of amides is 1. The van der Waals surface area contributed by atoms with Crippen molar-refractivity contribution in [3.05, 3.63) is 53.7 Å². The first kappa shape index (κ1) is 21.6. The van der Waals surface area contributed by atoms with Crippen molar-refractivity contribution in [1.29, 1.82) is 0 Å². The molecule has 1 fully saturated rings. The number of likely N-dealkylation sites (N-methyl/N-ethyl adjacent to an activating group) is 1. The van der Waals surface area contributed by atoms with Gasteiger partial charge in [0, 0.05) is 42.4 Å². The number of carbonyl (C=O) groups excluding carboxylic acids is 2. The Morgan fingerprint density at radius 2 is 2.13 bits per heavy atom. The van der Waals surface area contributed by atoms with Gasteiger partial charge >= 0.3 is 6.18 Å². The zero-order chi connectivity index (χ0) is 21.7. The molecule has 1 aliphatic heterocycles. The standard InChI is InChI=1S/C21H19BF3N3O2/c1-27(22-14-29)16-9-11-28(13-16)20(30)8-6-15-5-7-17(18(12-15)21(23,24)25)19-4-2-3-10-26-19/h2-5,7,10,12,14,16,22H,9,11,13H2,1H3/t16-/m1/s1. The Kier molecular flexibility index (Phi) is 6.58. The average Bonchev–Trinajstić information content (AvgIpc) is 3.22. The molecule has 0 aliphatic carbocycles. The van der Waals surface area contributed by atoms with Crippen molar-refractivity contribution in [3.8, 4) is 23.1 Å². The lowest BCUT2D eigenvalue weighted by Gasteiger charge is -2.21. The quantitative estimate of drug-likeness (QED) is 0.438. The van der Waals surface area contributed by atoms with Crippen molar-refractivity contribution in [2.75, 3.05) is 20.1 Å². The average molecular weight is 413 g/mol. The fourth-order valence-corrected chi connectivity index (χ4v) is 3.36. The summed E-state index contributed by atoms with van der Waals surface area (Å²) in [6, 6.07) is 8.52. The summed E-state index contributed by atoms with van der Waals surface area (Å²) in [4.78, 5) is 30.4. The number of hydrogen-bond acceptors (Lipinski definition) is 4. The first-order chi connectivity index (χ1) is 14.3. The van der Waals surface area contributed by atoms with Gasteiger partial charge in [0.05, 0.1) is 17.4 Å². The van der Waals surface area contributed by atoms with Crippen LogP contribution < -0.4 is 0 Å². The van der Waals surface area contributed by atoms with Crippen molar-refractivity contribution >= 4 is 19.5 Å². The lowest BCUT2D eigenvalue weighted by molar-refractivity contribution is -0.137. The predicted molar refractivity (Wildman–Crippen MR) is 108 cm³/mol. The number of rotatable bonds is 4. The normalized spacial score (nSPS) is 16.2. The van der Waals surface area contributed by atoms with E-state index in [1.807, 2.05) is 4.81 Å². The van der Waals surface area contributed by atoms with Gasteiger partial charge in [-0.3, -0.25) is 9.78 Å². The third kappa shape index (κ3) is 5.08. The van der Waals surface area contributed by atoms with E-state index in [4.69, 9.17) is 0 Å². The summed E-state index contributed by atoms with van der Waals surface area (Å²) in [7, 11) is 2.09. The van der Waals surface area contributed by atoms with Crippen LogP contribution in [0.2, 0.25) is 0 Å². The number of benzene rings is 1. The van der Waals surface area contributed by atoms with Crippen LogP contribution in [-0.4, -0.2) is 60.4 Å². The summed E-state index contributed by atoms with van der Waals surface area (Å²) in [5.41, 5.74) is -0.579. The maximum Gasteiger partial charge on any atom is 0.417 e. The fraction of sp³-hybridized carbons (Fsp3) is 0.286. The van der Waals surface area contributed by atoms with E-state index in [9.17, 15) is 22.8 Å². The minimum absolute atomic E-state index is 0.0411. The lowest BCUT2D eigenvalue weighted by atomic mass is 9.93. The summed E-state index contributed by atoms with van der Waals surface area (Å²) in [5, 5.41) is 0. The summed E-state index contributed by atoms with van der Waals surface area (Å²) >= 11 is 0. The number of likely N-dealkylation sites (tertiary alicyclic amines) is 1. The van der Waals surface area contributed by atoms with Gasteiger partial charge < -0.3 is 14.5 Å². The zero-order valence-electron chi connectivity index (χ0n) is 16.3. The highest BCUT2D eigenvalue weighted by molar-refractivity contribution is 6.64. The van der Waals surface area contributed by atoms with Crippen LogP contribution in [0.4, 0.5) is 13.2 Å². The molecule has 1 aromatic carbocycles. The van der Waals surface area contributed by atoms with E-state index < -0.39 is 17.6 Å². The topological polar surface area (TPSA) is 53.5 Å². The van der Waals surface area contributed by atoms with Gasteiger partial charge in [-0.25, -0.2) is 0 Å². The summed E-state index contributed by atoms with van der Waals surface area (Å²) in [6.45, 7) is 0.929. The van der Waals surface area contributed by atoms with E-state index in [0.29, 0.717) is 13.1 Å². The molecule has 0 spiro atoms. The molecule has 1 aromatic heterocycles. The predicted octanol–water partition coefficient (Wildman–Crippen LogP) is 2.19. The number of hydrogen-bond donors (Lipinski definition) is 0. The van der Waals surface area contributed by atoms with Crippen LogP contribution in [-0.2, 0) is 15.8 Å². The monoisotopic (exact) mass is 413 g/mol. The number of nitrogens with zero attached hydrogens (tertiary/aromatic N) is 3. The molecule has 0 bridgehead atoms. The van der Waals surface area contributed by atoms with Crippen LogP contribution in [0.25, 0.3) is 11.3 Å². The molecule has 30 heavy (non-hydrogen) atoms. The summed E-state index contributed by atoms with van der Waals surface area (Å²) in [6.07, 6.45) is -1.64. The first-order valence-electron chi connectivity index (χ1n) is 9.37. The molecule has 9 heteroatoms. The Hall–Kier alpha value is -3.12. The van der Waals surface area contributed by atoms with Gasteiger partial charge in [-0.05, 0) is 37.7 Å². The molecule has 1 saturated heterocycles. The van der Waals surface area contributed by atoms with Crippen molar-refractivity contribution < 1.29 is 22.8 Å². The Labute approximate surface area is 173 Å². The van der Waals surface area contributed by atoms with E-state index in [-0.39, 0.29) is 30.3 Å². The number of halogens is 3. The highest BCUT2D eigenvalue weighted by Crippen LogP contribution is 2.36. The molecule has 0 radical (unpaired) electrons. The number of pyridine rings is 1. The highest BCUT2D eigenvalue weighted by Gasteiger charge is 2.34. The van der Waals surface area contributed by atoms with Crippen molar-refractivity contribution in [3.63, 3.8) is 0 Å². The molecular formula is C21H19BF3N3O2. The molecule has 5 nitrogen and oxygen atoms in total. The van der Waals surface area contributed by atoms with Crippen LogP contribution in [0.5, 0.6) is 0 Å². The molecule has 1 atom stereocenters. The van der Waals surface area contributed by atoms with E-state index in [0.717, 1.165) is 18.7 Å². The Morgan fingerprint density at radius 3 is 2.80 bits per heavy atom. The number of alkyl halides is 3. The summed E-state index contributed by atoms with van der Waals surface area (Å²) < 4.78 is 40.7. The first-order valence-corrected chi connectivity index (χ1v) is 9.37. The second-order valence-corrected chi connectivity index (χ2v) is 7.02. The molecule has 0 N–H and O–H groups in total. The van der Waals surface area contributed by atoms with Gasteiger partial charge in [0.25, 0.3) is 13.3 Å². The SMILES string of the molecule is CN(BC=O)[C@@H]1CCN(C(=O)C#Cc2ccc(-c3ccccn3)c(C(F)(F)F)c2)C1. The van der Waals surface area contributed by atoms with Gasteiger partial charge in [0.15, 0.2) is 0 Å². The maximum atomic E-state index is 13.6. The maximum absolute atomic E-state index is 13.6. The molecular weight excluding hydrogens is 394 g/mol. The lowest BCUT2D eigenvalue weighted by Crippen LogP contribution is -2.38. The van der Waals surface area contributed by atoms with E-state index >= 15 is 0 Å². The largest absolute Gasteiger partial charge is 0.417 e. The minimum atomic E-state index is -4.58. The second kappa shape index (κ2) is 9.14. The van der Waals surface area contributed by atoms with Crippen molar-refractivity contribution in [2.24, 2.45) is 0 Å². The van der Waals surface area contributed by atoms with Crippen molar-refractivity contribution in [1.82, 2.24) is 14.7 Å². The number of aromatic nitrogens is 1. The van der Waals surface area contributed by atoms with E-state index in [1.165, 1.54) is 24.4 Å². The van der Waals surface area contributed by atoms with Gasteiger partial charge in [-0.1, -0.05) is 18.1 Å². The highest BCUT2D eigenvalue weighted by atomic mass is 19.4. The Balaban J connectivity index is 1.79. The molecule has 0 saturated carbocycles. The zero-order valence-corrected chi connectivity index (χ0v) is 16.3. The van der Waals surface area contributed by atoms with Crippen LogP contribution in [0.1, 0.15) is 17.5 Å². The Morgan fingerprint density at radius 1 is 1.33 bits per heavy atom. The fourth-order valence-electron chi connectivity index (χ4n) is 3.36. The third-order valence-corrected chi connectivity index (χ3v) is 5.02. The summed E-state index contributed by atoms with van der Waals surface area (Å²) in [5.74, 6) is 4.54. The number of carbonyl (C=O) groups is 2.